The van der Waals surface area contributed by atoms with E-state index < -0.39 is 12.1 Å². The molecule has 0 heterocycles. The third kappa shape index (κ3) is 59.6. The maximum absolute atomic E-state index is 12.5. The standard InChI is InChI=1S/C68H131NO5/c1-3-5-7-9-11-13-15-17-19-21-26-29-32-36-40-44-48-52-56-60-66(71)65(64-70)69-67(72)61-57-53-49-45-41-37-33-30-27-24-22-23-25-28-31-35-39-43-47-51-55-59-63-74-68(73)62-58-54-50-46-42-38-34-20-18-16-14-12-10-8-6-4-2/h20,34,56,60,65-66,70-71H,3-19,21-33,35-55,57-59,61-64H2,1-2H3,(H,69,72)/b34-20-,60-56+. The summed E-state index contributed by atoms with van der Waals surface area (Å²) < 4.78 is 5.49. The Morgan fingerprint density at radius 3 is 0.959 bits per heavy atom. The highest BCUT2D eigenvalue weighted by atomic mass is 16.5. The van der Waals surface area contributed by atoms with Crippen LogP contribution >= 0.6 is 0 Å². The van der Waals surface area contributed by atoms with E-state index in [4.69, 9.17) is 4.74 Å². The number of carbonyl (C=O) groups excluding carboxylic acids is 2. The van der Waals surface area contributed by atoms with Gasteiger partial charge in [-0.3, -0.25) is 9.59 Å². The van der Waals surface area contributed by atoms with Crippen LogP contribution in [-0.2, 0) is 14.3 Å². The molecule has 0 aliphatic rings. The lowest BCUT2D eigenvalue weighted by Crippen LogP contribution is -2.45. The zero-order valence-electron chi connectivity index (χ0n) is 50.1. The Hall–Kier alpha value is -1.66. The van der Waals surface area contributed by atoms with Crippen molar-refractivity contribution in [3.05, 3.63) is 24.3 Å². The van der Waals surface area contributed by atoms with Crippen LogP contribution in [0, 0.1) is 0 Å². The van der Waals surface area contributed by atoms with Crippen LogP contribution in [-0.4, -0.2) is 47.4 Å². The highest BCUT2D eigenvalue weighted by Crippen LogP contribution is 2.18. The summed E-state index contributed by atoms with van der Waals surface area (Å²) in [7, 11) is 0. The number of ether oxygens (including phenoxy) is 1. The molecule has 0 rings (SSSR count). The molecule has 0 aliphatic carbocycles. The maximum Gasteiger partial charge on any atom is 0.305 e. The van der Waals surface area contributed by atoms with Gasteiger partial charge in [0.1, 0.15) is 0 Å². The number of aliphatic hydroxyl groups excluding tert-OH is 2. The van der Waals surface area contributed by atoms with E-state index in [2.05, 4.69) is 31.3 Å². The number of nitrogens with one attached hydrogen (secondary N) is 1. The van der Waals surface area contributed by atoms with Crippen molar-refractivity contribution in [2.75, 3.05) is 13.2 Å². The largest absolute Gasteiger partial charge is 0.466 e. The number of hydrogen-bond donors (Lipinski definition) is 3. The van der Waals surface area contributed by atoms with Crippen molar-refractivity contribution in [2.24, 2.45) is 0 Å². The van der Waals surface area contributed by atoms with Gasteiger partial charge in [-0.25, -0.2) is 0 Å². The van der Waals surface area contributed by atoms with Gasteiger partial charge in [-0.05, 0) is 57.8 Å². The lowest BCUT2D eigenvalue weighted by atomic mass is 10.0. The topological polar surface area (TPSA) is 95.9 Å². The molecule has 0 radical (unpaired) electrons. The molecule has 2 unspecified atom stereocenters. The summed E-state index contributed by atoms with van der Waals surface area (Å²) in [5, 5.41) is 23.2. The van der Waals surface area contributed by atoms with E-state index >= 15 is 0 Å². The second-order valence-electron chi connectivity index (χ2n) is 23.2. The van der Waals surface area contributed by atoms with E-state index in [0.717, 1.165) is 44.9 Å². The summed E-state index contributed by atoms with van der Waals surface area (Å²) in [6.07, 6.45) is 79.5. The van der Waals surface area contributed by atoms with Crippen LogP contribution in [0.2, 0.25) is 0 Å². The van der Waals surface area contributed by atoms with Gasteiger partial charge in [0.05, 0.1) is 25.4 Å². The predicted octanol–water partition coefficient (Wildman–Crippen LogP) is 21.4. The first kappa shape index (κ1) is 72.3. The van der Waals surface area contributed by atoms with Crippen LogP contribution in [0.4, 0.5) is 0 Å². The first-order chi connectivity index (χ1) is 36.5. The first-order valence-electron chi connectivity index (χ1n) is 33.6. The summed E-state index contributed by atoms with van der Waals surface area (Å²) >= 11 is 0. The minimum atomic E-state index is -0.845. The van der Waals surface area contributed by atoms with Crippen molar-refractivity contribution < 1.29 is 24.5 Å². The van der Waals surface area contributed by atoms with Crippen LogP contribution in [0.25, 0.3) is 0 Å². The Morgan fingerprint density at radius 2 is 0.635 bits per heavy atom. The fraction of sp³-hybridized carbons (Fsp3) is 0.912. The zero-order valence-corrected chi connectivity index (χ0v) is 50.1. The minimum absolute atomic E-state index is 0.00601. The van der Waals surface area contributed by atoms with E-state index in [1.54, 1.807) is 6.08 Å². The molecule has 6 heteroatoms. The second-order valence-corrected chi connectivity index (χ2v) is 23.2. The maximum atomic E-state index is 12.5. The van der Waals surface area contributed by atoms with Gasteiger partial charge in [0.15, 0.2) is 0 Å². The molecule has 0 saturated carbocycles. The summed E-state index contributed by atoms with van der Waals surface area (Å²) in [6, 6.07) is -0.629. The molecule has 0 fully saturated rings. The summed E-state index contributed by atoms with van der Waals surface area (Å²) in [5.74, 6) is -0.0589. The van der Waals surface area contributed by atoms with Gasteiger partial charge in [0.2, 0.25) is 5.91 Å². The molecule has 1 amide bonds. The lowest BCUT2D eigenvalue weighted by molar-refractivity contribution is -0.143. The molecule has 0 spiro atoms. The molecular weight excluding hydrogens is 911 g/mol. The van der Waals surface area contributed by atoms with Crippen molar-refractivity contribution in [1.29, 1.82) is 0 Å². The third-order valence-corrected chi connectivity index (χ3v) is 15.7. The van der Waals surface area contributed by atoms with Crippen molar-refractivity contribution in [2.45, 2.75) is 386 Å². The Balaban J connectivity index is 3.40. The summed E-state index contributed by atoms with van der Waals surface area (Å²) in [6.45, 7) is 4.93. The molecule has 3 N–H and O–H groups in total. The molecule has 0 bridgehead atoms. The number of esters is 1. The van der Waals surface area contributed by atoms with Gasteiger partial charge < -0.3 is 20.3 Å². The monoisotopic (exact) mass is 1040 g/mol. The van der Waals surface area contributed by atoms with Gasteiger partial charge in [-0.2, -0.15) is 0 Å². The van der Waals surface area contributed by atoms with Crippen LogP contribution < -0.4 is 5.32 Å². The van der Waals surface area contributed by atoms with Crippen molar-refractivity contribution in [1.82, 2.24) is 5.32 Å². The number of aliphatic hydroxyl groups is 2. The molecule has 74 heavy (non-hydrogen) atoms. The van der Waals surface area contributed by atoms with Gasteiger partial charge in [0.25, 0.3) is 0 Å². The Bertz CT molecular complexity index is 1150. The molecular formula is C68H131NO5. The van der Waals surface area contributed by atoms with Crippen molar-refractivity contribution in [3.63, 3.8) is 0 Å². The Labute approximate surface area is 462 Å². The van der Waals surface area contributed by atoms with E-state index in [-0.39, 0.29) is 18.5 Å². The average Bonchev–Trinajstić information content (AvgIpc) is 3.40. The molecule has 6 nitrogen and oxygen atoms in total. The smallest absolute Gasteiger partial charge is 0.305 e. The third-order valence-electron chi connectivity index (χ3n) is 15.7. The highest BCUT2D eigenvalue weighted by molar-refractivity contribution is 5.76. The van der Waals surface area contributed by atoms with Crippen molar-refractivity contribution >= 4 is 11.9 Å². The molecule has 0 aromatic carbocycles. The number of amides is 1. The number of carbonyl (C=O) groups is 2. The quantitative estimate of drug-likeness (QED) is 0.0320. The van der Waals surface area contributed by atoms with E-state index in [0.29, 0.717) is 19.4 Å². The number of hydrogen-bond acceptors (Lipinski definition) is 5. The van der Waals surface area contributed by atoms with Crippen LogP contribution in [0.5, 0.6) is 0 Å². The summed E-state index contributed by atoms with van der Waals surface area (Å²) in [4.78, 5) is 24.6. The summed E-state index contributed by atoms with van der Waals surface area (Å²) in [5.41, 5.74) is 0. The molecule has 2 atom stereocenters. The van der Waals surface area contributed by atoms with Crippen molar-refractivity contribution in [3.8, 4) is 0 Å². The van der Waals surface area contributed by atoms with E-state index in [1.165, 1.54) is 302 Å². The molecule has 0 saturated heterocycles. The molecule has 0 aromatic heterocycles. The van der Waals surface area contributed by atoms with Gasteiger partial charge in [-0.15, -0.1) is 0 Å². The fourth-order valence-electron chi connectivity index (χ4n) is 10.6. The highest BCUT2D eigenvalue weighted by Gasteiger charge is 2.18. The normalized spacial score (nSPS) is 12.6. The van der Waals surface area contributed by atoms with E-state index in [1.807, 2.05) is 6.08 Å². The van der Waals surface area contributed by atoms with Crippen LogP contribution in [0.3, 0.4) is 0 Å². The van der Waals surface area contributed by atoms with Gasteiger partial charge in [-0.1, -0.05) is 327 Å². The number of unbranched alkanes of at least 4 members (excludes halogenated alkanes) is 50. The second kappa shape index (κ2) is 63.9. The van der Waals surface area contributed by atoms with E-state index in [9.17, 15) is 19.8 Å². The Morgan fingerprint density at radius 1 is 0.365 bits per heavy atom. The zero-order chi connectivity index (χ0) is 53.6. The Kier molecular flexibility index (Phi) is 62.4. The average molecular weight is 1040 g/mol. The first-order valence-corrected chi connectivity index (χ1v) is 33.6. The number of rotatable bonds is 63. The molecule has 0 aromatic rings. The lowest BCUT2D eigenvalue weighted by Gasteiger charge is -2.20. The number of allylic oxidation sites excluding steroid dienone is 3. The predicted molar refractivity (Wildman–Crippen MR) is 324 cm³/mol. The minimum Gasteiger partial charge on any atom is -0.466 e. The molecule has 438 valence electrons. The van der Waals surface area contributed by atoms with Gasteiger partial charge in [0, 0.05) is 12.8 Å². The van der Waals surface area contributed by atoms with Crippen LogP contribution in [0.15, 0.2) is 24.3 Å². The fourth-order valence-corrected chi connectivity index (χ4v) is 10.6. The van der Waals surface area contributed by atoms with Gasteiger partial charge >= 0.3 is 5.97 Å². The molecule has 0 aliphatic heterocycles. The SMILES string of the molecule is CCCCCCCCC/C=C\CCCCCCCC(=O)OCCCCCCCCCCCCCCCCCCCCCCCCC(=O)NC(CO)C(O)/C=C/CCCCCCCCCCCCCCCCCCC. The van der Waals surface area contributed by atoms with Crippen LogP contribution in [0.1, 0.15) is 373 Å².